The van der Waals surface area contributed by atoms with E-state index in [1.54, 1.807) is 24.1 Å². The topological polar surface area (TPSA) is 54.9 Å². The maximum Gasteiger partial charge on any atom is 0.260 e. The quantitative estimate of drug-likeness (QED) is 0.523. The van der Waals surface area contributed by atoms with Crippen molar-refractivity contribution in [3.8, 4) is 11.5 Å². The predicted molar refractivity (Wildman–Crippen MR) is 119 cm³/mol. The van der Waals surface area contributed by atoms with Crippen molar-refractivity contribution in [2.45, 2.75) is 13.3 Å². The highest BCUT2D eigenvalue weighted by Crippen LogP contribution is 2.34. The maximum atomic E-state index is 13.3. The summed E-state index contributed by atoms with van der Waals surface area (Å²) in [5, 5.41) is 0.683. The molecule has 0 N–H and O–H groups in total. The molecule has 7 heteroatoms. The van der Waals surface area contributed by atoms with Crippen molar-refractivity contribution in [3.05, 3.63) is 48.0 Å². The van der Waals surface area contributed by atoms with Gasteiger partial charge in [0.2, 0.25) is 0 Å². The van der Waals surface area contributed by atoms with Gasteiger partial charge in [-0.05, 0) is 70.4 Å². The fourth-order valence-electron chi connectivity index (χ4n) is 3.04. The Morgan fingerprint density at radius 3 is 2.52 bits per heavy atom. The zero-order valence-corrected chi connectivity index (χ0v) is 18.2. The van der Waals surface area contributed by atoms with Crippen molar-refractivity contribution in [1.82, 2.24) is 9.88 Å². The van der Waals surface area contributed by atoms with Crippen LogP contribution in [0.2, 0.25) is 0 Å². The number of nitrogens with zero attached hydrogens (tertiary/aromatic N) is 3. The fourth-order valence-corrected chi connectivity index (χ4v) is 4.04. The van der Waals surface area contributed by atoms with Crippen LogP contribution < -0.4 is 14.4 Å². The Hall–Kier alpha value is -2.64. The van der Waals surface area contributed by atoms with E-state index >= 15 is 0 Å². The van der Waals surface area contributed by atoms with Crippen molar-refractivity contribution in [2.24, 2.45) is 0 Å². The number of ether oxygens (including phenoxy) is 2. The maximum absolute atomic E-state index is 13.3. The van der Waals surface area contributed by atoms with E-state index in [-0.39, 0.29) is 5.91 Å². The second-order valence-corrected chi connectivity index (χ2v) is 7.88. The van der Waals surface area contributed by atoms with Crippen molar-refractivity contribution < 1.29 is 14.3 Å². The number of anilines is 1. The molecule has 0 fully saturated rings. The van der Waals surface area contributed by atoms with Gasteiger partial charge >= 0.3 is 0 Å². The van der Waals surface area contributed by atoms with Gasteiger partial charge in [0.1, 0.15) is 17.0 Å². The Labute approximate surface area is 175 Å². The first-order chi connectivity index (χ1) is 14.0. The SMILES string of the molecule is CCOc1ccc(C(=O)N(CCCN(C)C)c2nc3c(OC)cccc3s2)cc1. The van der Waals surface area contributed by atoms with Crippen molar-refractivity contribution in [1.29, 1.82) is 0 Å². The van der Waals surface area contributed by atoms with Gasteiger partial charge in [0.25, 0.3) is 5.91 Å². The number of rotatable bonds is 9. The van der Waals surface area contributed by atoms with E-state index in [1.807, 2.05) is 51.4 Å². The Morgan fingerprint density at radius 2 is 1.86 bits per heavy atom. The first kappa shape index (κ1) is 21.1. The van der Waals surface area contributed by atoms with Gasteiger partial charge in [-0.15, -0.1) is 0 Å². The highest BCUT2D eigenvalue weighted by Gasteiger charge is 2.22. The number of para-hydroxylation sites is 1. The summed E-state index contributed by atoms with van der Waals surface area (Å²) in [6.07, 6.45) is 0.850. The highest BCUT2D eigenvalue weighted by molar-refractivity contribution is 7.22. The lowest BCUT2D eigenvalue weighted by Gasteiger charge is -2.21. The average Bonchev–Trinajstić information content (AvgIpc) is 3.15. The van der Waals surface area contributed by atoms with Gasteiger partial charge in [0.15, 0.2) is 5.13 Å². The number of fused-ring (bicyclic) bond motifs is 1. The standard InChI is InChI=1S/C22H27N3O3S/c1-5-28-17-12-10-16(11-13-17)21(26)25(15-7-14-24(2)3)22-23-20-18(27-4)8-6-9-19(20)29-22/h6,8-13H,5,7,14-15H2,1-4H3. The van der Waals surface area contributed by atoms with Crippen molar-refractivity contribution in [2.75, 3.05) is 45.8 Å². The summed E-state index contributed by atoms with van der Waals surface area (Å²) >= 11 is 1.50. The van der Waals surface area contributed by atoms with Gasteiger partial charge in [-0.2, -0.15) is 0 Å². The van der Waals surface area contributed by atoms with Crippen LogP contribution in [0.1, 0.15) is 23.7 Å². The third kappa shape index (κ3) is 5.05. The van der Waals surface area contributed by atoms with E-state index in [9.17, 15) is 4.79 Å². The molecular formula is C22H27N3O3S. The first-order valence-corrected chi connectivity index (χ1v) is 10.5. The highest BCUT2D eigenvalue weighted by atomic mass is 32.1. The molecule has 0 atom stereocenters. The average molecular weight is 414 g/mol. The number of thiazole rings is 1. The van der Waals surface area contributed by atoms with Gasteiger partial charge in [0.05, 0.1) is 18.4 Å². The molecule has 1 heterocycles. The Bertz CT molecular complexity index is 954. The molecule has 2 aromatic carbocycles. The van der Waals surface area contributed by atoms with E-state index in [1.165, 1.54) is 11.3 Å². The minimum absolute atomic E-state index is 0.0650. The molecule has 0 saturated heterocycles. The van der Waals surface area contributed by atoms with Crippen LogP contribution in [0.4, 0.5) is 5.13 Å². The van der Waals surface area contributed by atoms with E-state index in [0.717, 1.165) is 28.9 Å². The number of amides is 1. The summed E-state index contributed by atoms with van der Waals surface area (Å²) in [7, 11) is 5.69. The summed E-state index contributed by atoms with van der Waals surface area (Å²) in [5.74, 6) is 1.41. The first-order valence-electron chi connectivity index (χ1n) is 9.66. The Kier molecular flexibility index (Phi) is 7.06. The van der Waals surface area contributed by atoms with Crippen molar-refractivity contribution in [3.63, 3.8) is 0 Å². The van der Waals surface area contributed by atoms with E-state index in [0.29, 0.717) is 29.6 Å². The number of hydrogen-bond donors (Lipinski definition) is 0. The molecule has 0 unspecified atom stereocenters. The molecule has 0 aliphatic carbocycles. The van der Waals surface area contributed by atoms with Gasteiger partial charge in [-0.1, -0.05) is 17.4 Å². The van der Waals surface area contributed by atoms with Crippen LogP contribution in [0.3, 0.4) is 0 Å². The summed E-state index contributed by atoms with van der Waals surface area (Å²) in [6.45, 7) is 4.01. The van der Waals surface area contributed by atoms with Crippen molar-refractivity contribution >= 4 is 32.6 Å². The zero-order chi connectivity index (χ0) is 20.8. The lowest BCUT2D eigenvalue weighted by molar-refractivity contribution is 0.0986. The summed E-state index contributed by atoms with van der Waals surface area (Å²) in [5.41, 5.74) is 1.40. The molecule has 154 valence electrons. The van der Waals surface area contributed by atoms with Crippen LogP contribution in [0.5, 0.6) is 11.5 Å². The molecule has 3 rings (SSSR count). The molecule has 0 aliphatic heterocycles. The van der Waals surface area contributed by atoms with Crippen LogP contribution in [-0.2, 0) is 0 Å². The van der Waals surface area contributed by atoms with Crippen LogP contribution >= 0.6 is 11.3 Å². The molecular weight excluding hydrogens is 386 g/mol. The molecule has 0 saturated carbocycles. The van der Waals surface area contributed by atoms with Crippen LogP contribution in [-0.4, -0.2) is 56.7 Å². The second-order valence-electron chi connectivity index (χ2n) is 6.87. The molecule has 29 heavy (non-hydrogen) atoms. The number of benzene rings is 2. The molecule has 1 amide bonds. The van der Waals surface area contributed by atoms with E-state index in [2.05, 4.69) is 4.90 Å². The van der Waals surface area contributed by atoms with Gasteiger partial charge < -0.3 is 14.4 Å². The van der Waals surface area contributed by atoms with Crippen LogP contribution in [0, 0.1) is 0 Å². The predicted octanol–water partition coefficient (Wildman–Crippen LogP) is 4.30. The van der Waals surface area contributed by atoms with E-state index < -0.39 is 0 Å². The lowest BCUT2D eigenvalue weighted by Crippen LogP contribution is -2.33. The minimum Gasteiger partial charge on any atom is -0.494 e. The fraction of sp³-hybridized carbons (Fsp3) is 0.364. The minimum atomic E-state index is -0.0650. The van der Waals surface area contributed by atoms with Gasteiger partial charge in [-0.3, -0.25) is 9.69 Å². The summed E-state index contributed by atoms with van der Waals surface area (Å²) in [4.78, 5) is 21.9. The summed E-state index contributed by atoms with van der Waals surface area (Å²) < 4.78 is 11.9. The molecule has 1 aromatic heterocycles. The number of hydrogen-bond acceptors (Lipinski definition) is 6. The Morgan fingerprint density at radius 1 is 1.10 bits per heavy atom. The van der Waals surface area contributed by atoms with Gasteiger partial charge in [-0.25, -0.2) is 4.98 Å². The van der Waals surface area contributed by atoms with Gasteiger partial charge in [0, 0.05) is 12.1 Å². The third-order valence-electron chi connectivity index (χ3n) is 4.47. The lowest BCUT2D eigenvalue weighted by atomic mass is 10.2. The monoisotopic (exact) mass is 413 g/mol. The summed E-state index contributed by atoms with van der Waals surface area (Å²) in [6, 6.07) is 13.1. The third-order valence-corrected chi connectivity index (χ3v) is 5.51. The Balaban J connectivity index is 1.92. The number of carbonyl (C=O) groups excluding carboxylic acids is 1. The largest absolute Gasteiger partial charge is 0.494 e. The molecule has 0 bridgehead atoms. The van der Waals surface area contributed by atoms with Crippen LogP contribution in [0.25, 0.3) is 10.2 Å². The smallest absolute Gasteiger partial charge is 0.260 e. The number of methoxy groups -OCH3 is 1. The molecule has 3 aromatic rings. The number of aromatic nitrogens is 1. The molecule has 0 spiro atoms. The van der Waals surface area contributed by atoms with Crippen LogP contribution in [0.15, 0.2) is 42.5 Å². The van der Waals surface area contributed by atoms with E-state index in [4.69, 9.17) is 14.5 Å². The normalized spacial score (nSPS) is 11.1. The zero-order valence-electron chi connectivity index (χ0n) is 17.3. The second kappa shape index (κ2) is 9.71. The molecule has 6 nitrogen and oxygen atoms in total. The molecule has 0 aliphatic rings. The number of carbonyl (C=O) groups is 1. The molecule has 0 radical (unpaired) electrons.